The van der Waals surface area contributed by atoms with Gasteiger partial charge in [-0.25, -0.2) is 4.99 Å². The van der Waals surface area contributed by atoms with Crippen molar-refractivity contribution < 1.29 is 4.74 Å². The van der Waals surface area contributed by atoms with Crippen molar-refractivity contribution in [1.29, 1.82) is 0 Å². The lowest BCUT2D eigenvalue weighted by atomic mass is 9.90. The first-order valence-corrected chi connectivity index (χ1v) is 7.37. The summed E-state index contributed by atoms with van der Waals surface area (Å²) < 4.78 is 5.23. The van der Waals surface area contributed by atoms with Crippen molar-refractivity contribution in [2.45, 2.75) is 38.6 Å². The van der Waals surface area contributed by atoms with Gasteiger partial charge in [-0.15, -0.1) is 0 Å². The summed E-state index contributed by atoms with van der Waals surface area (Å²) in [5.74, 6) is 0. The maximum atomic E-state index is 5.23. The Bertz CT molecular complexity index is 470. The number of likely N-dealkylation sites (N-methyl/N-ethyl adjacent to an activating group) is 1. The minimum Gasteiger partial charge on any atom is -0.481 e. The molecule has 0 N–H and O–H groups in total. The van der Waals surface area contributed by atoms with Crippen LogP contribution in [0.5, 0.6) is 0 Å². The SMILES string of the molecule is CCN(C[C@H]1COC=N1)c1cccc2c1CCCC2. The highest BCUT2D eigenvalue weighted by Crippen LogP contribution is 2.30. The zero-order valence-electron chi connectivity index (χ0n) is 11.6. The number of aryl methyl sites for hydroxylation is 1. The van der Waals surface area contributed by atoms with Crippen LogP contribution in [0.15, 0.2) is 23.2 Å². The van der Waals surface area contributed by atoms with Gasteiger partial charge in [0.05, 0.1) is 0 Å². The second-order valence-electron chi connectivity index (χ2n) is 5.40. The largest absolute Gasteiger partial charge is 0.481 e. The Morgan fingerprint density at radius 3 is 3.00 bits per heavy atom. The van der Waals surface area contributed by atoms with Crippen molar-refractivity contribution in [2.75, 3.05) is 24.6 Å². The standard InChI is InChI=1S/C16H22N2O/c1-2-18(10-14-11-19-12-17-14)16-9-5-7-13-6-3-4-8-15(13)16/h5,7,9,12,14H,2-4,6,8,10-11H2,1H3/t14-/m0/s1. The van der Waals surface area contributed by atoms with Gasteiger partial charge in [0.25, 0.3) is 0 Å². The Morgan fingerprint density at radius 1 is 1.32 bits per heavy atom. The number of aliphatic imine (C=N–C) groups is 1. The number of hydrogen-bond acceptors (Lipinski definition) is 3. The third-order valence-corrected chi connectivity index (χ3v) is 4.16. The minimum atomic E-state index is 0.291. The van der Waals surface area contributed by atoms with E-state index in [2.05, 4.69) is 35.0 Å². The highest BCUT2D eigenvalue weighted by Gasteiger charge is 2.20. The maximum absolute atomic E-state index is 5.23. The molecular formula is C16H22N2O. The first kappa shape index (κ1) is 12.5. The summed E-state index contributed by atoms with van der Waals surface area (Å²) in [4.78, 5) is 6.83. The molecule has 19 heavy (non-hydrogen) atoms. The lowest BCUT2D eigenvalue weighted by Gasteiger charge is -2.30. The van der Waals surface area contributed by atoms with E-state index in [1.165, 1.54) is 31.4 Å². The second kappa shape index (κ2) is 5.64. The van der Waals surface area contributed by atoms with E-state index in [0.29, 0.717) is 6.04 Å². The third kappa shape index (κ3) is 2.60. The summed E-state index contributed by atoms with van der Waals surface area (Å²) in [5, 5.41) is 0. The van der Waals surface area contributed by atoms with Gasteiger partial charge in [0.2, 0.25) is 0 Å². The van der Waals surface area contributed by atoms with Crippen LogP contribution in [0, 0.1) is 0 Å². The Hall–Kier alpha value is -1.51. The summed E-state index contributed by atoms with van der Waals surface area (Å²) in [6.45, 7) is 4.94. The molecule has 0 bridgehead atoms. The number of benzene rings is 1. The zero-order valence-corrected chi connectivity index (χ0v) is 11.6. The summed E-state index contributed by atoms with van der Waals surface area (Å²) in [6.07, 6.45) is 6.73. The molecule has 0 saturated carbocycles. The molecule has 0 aromatic heterocycles. The van der Waals surface area contributed by atoms with Crippen molar-refractivity contribution >= 4 is 12.1 Å². The van der Waals surface area contributed by atoms with Gasteiger partial charge in [-0.05, 0) is 49.8 Å². The van der Waals surface area contributed by atoms with Gasteiger partial charge >= 0.3 is 0 Å². The average Bonchev–Trinajstić information content (AvgIpc) is 2.97. The van der Waals surface area contributed by atoms with E-state index in [-0.39, 0.29) is 0 Å². The highest BCUT2D eigenvalue weighted by atomic mass is 16.5. The van der Waals surface area contributed by atoms with E-state index < -0.39 is 0 Å². The quantitative estimate of drug-likeness (QED) is 0.829. The lowest BCUT2D eigenvalue weighted by Crippen LogP contribution is -2.33. The Kier molecular flexibility index (Phi) is 3.72. The van der Waals surface area contributed by atoms with Crippen LogP contribution in [0.25, 0.3) is 0 Å². The summed E-state index contributed by atoms with van der Waals surface area (Å²) in [5.41, 5.74) is 4.54. The highest BCUT2D eigenvalue weighted by molar-refractivity contribution is 5.58. The molecule has 0 saturated heterocycles. The van der Waals surface area contributed by atoms with Gasteiger partial charge in [0.15, 0.2) is 6.40 Å². The molecule has 2 aliphatic rings. The Balaban J connectivity index is 1.84. The van der Waals surface area contributed by atoms with Gasteiger partial charge < -0.3 is 9.64 Å². The van der Waals surface area contributed by atoms with Gasteiger partial charge in [-0.2, -0.15) is 0 Å². The molecule has 3 rings (SSSR count). The van der Waals surface area contributed by atoms with Crippen LogP contribution in [0.1, 0.15) is 30.9 Å². The molecule has 1 aliphatic carbocycles. The molecule has 1 heterocycles. The fourth-order valence-corrected chi connectivity index (χ4v) is 3.14. The fraction of sp³-hybridized carbons (Fsp3) is 0.562. The molecule has 1 aliphatic heterocycles. The van der Waals surface area contributed by atoms with Crippen molar-refractivity contribution in [3.63, 3.8) is 0 Å². The van der Waals surface area contributed by atoms with E-state index in [1.54, 1.807) is 17.5 Å². The molecule has 0 amide bonds. The van der Waals surface area contributed by atoms with Crippen molar-refractivity contribution in [1.82, 2.24) is 0 Å². The minimum absolute atomic E-state index is 0.291. The van der Waals surface area contributed by atoms with Crippen LogP contribution in [-0.4, -0.2) is 32.1 Å². The lowest BCUT2D eigenvalue weighted by molar-refractivity contribution is 0.328. The monoisotopic (exact) mass is 258 g/mol. The maximum Gasteiger partial charge on any atom is 0.169 e. The molecule has 1 aromatic carbocycles. The summed E-state index contributed by atoms with van der Waals surface area (Å²) in [7, 11) is 0. The predicted octanol–water partition coefficient (Wildman–Crippen LogP) is 2.82. The zero-order chi connectivity index (χ0) is 13.1. The number of anilines is 1. The smallest absolute Gasteiger partial charge is 0.169 e. The van der Waals surface area contributed by atoms with Gasteiger partial charge in [0.1, 0.15) is 12.6 Å². The Labute approximate surface area is 115 Å². The number of ether oxygens (including phenoxy) is 1. The number of rotatable bonds is 4. The topological polar surface area (TPSA) is 24.8 Å². The molecule has 0 unspecified atom stereocenters. The van der Waals surface area contributed by atoms with E-state index in [4.69, 9.17) is 4.74 Å². The molecule has 3 nitrogen and oxygen atoms in total. The molecule has 3 heteroatoms. The molecule has 0 spiro atoms. The van der Waals surface area contributed by atoms with E-state index >= 15 is 0 Å². The van der Waals surface area contributed by atoms with Gasteiger partial charge in [0, 0.05) is 18.8 Å². The normalized spacial score (nSPS) is 21.0. The van der Waals surface area contributed by atoms with Crippen LogP contribution < -0.4 is 4.90 Å². The van der Waals surface area contributed by atoms with Crippen molar-refractivity contribution in [3.05, 3.63) is 29.3 Å². The molecule has 0 fully saturated rings. The van der Waals surface area contributed by atoms with Crippen molar-refractivity contribution in [3.8, 4) is 0 Å². The first-order valence-electron chi connectivity index (χ1n) is 7.37. The molecule has 1 aromatic rings. The average molecular weight is 258 g/mol. The third-order valence-electron chi connectivity index (χ3n) is 4.16. The first-order chi connectivity index (χ1) is 9.38. The van der Waals surface area contributed by atoms with Crippen LogP contribution in [0.3, 0.4) is 0 Å². The van der Waals surface area contributed by atoms with Gasteiger partial charge in [-0.1, -0.05) is 12.1 Å². The van der Waals surface area contributed by atoms with Crippen LogP contribution in [-0.2, 0) is 17.6 Å². The second-order valence-corrected chi connectivity index (χ2v) is 5.40. The van der Waals surface area contributed by atoms with Crippen molar-refractivity contribution in [2.24, 2.45) is 4.99 Å². The Morgan fingerprint density at radius 2 is 2.21 bits per heavy atom. The molecule has 102 valence electrons. The molecule has 0 radical (unpaired) electrons. The summed E-state index contributed by atoms with van der Waals surface area (Å²) >= 11 is 0. The number of hydrogen-bond donors (Lipinski definition) is 0. The number of fused-ring (bicyclic) bond motifs is 1. The summed E-state index contributed by atoms with van der Waals surface area (Å²) in [6, 6.07) is 7.06. The van der Waals surface area contributed by atoms with Crippen LogP contribution >= 0.6 is 0 Å². The van der Waals surface area contributed by atoms with E-state index in [1.807, 2.05) is 0 Å². The predicted molar refractivity (Wildman–Crippen MR) is 79.2 cm³/mol. The van der Waals surface area contributed by atoms with Crippen LogP contribution in [0.4, 0.5) is 5.69 Å². The molecule has 1 atom stereocenters. The van der Waals surface area contributed by atoms with Crippen LogP contribution in [0.2, 0.25) is 0 Å². The van der Waals surface area contributed by atoms with E-state index in [9.17, 15) is 0 Å². The molecular weight excluding hydrogens is 236 g/mol. The van der Waals surface area contributed by atoms with Gasteiger partial charge in [-0.3, -0.25) is 0 Å². The van der Waals surface area contributed by atoms with E-state index in [0.717, 1.165) is 19.7 Å². The number of nitrogens with zero attached hydrogens (tertiary/aromatic N) is 2. The fourth-order valence-electron chi connectivity index (χ4n) is 3.14.